The van der Waals surface area contributed by atoms with E-state index in [0.29, 0.717) is 46.3 Å². The molecule has 230 valence electrons. The number of aliphatic hydroxyl groups excluding tert-OH is 1. The molecule has 0 heterocycles. The molecule has 0 aliphatic heterocycles. The van der Waals surface area contributed by atoms with Crippen LogP contribution in [0, 0.1) is 6.92 Å². The predicted molar refractivity (Wildman–Crippen MR) is 171 cm³/mol. The van der Waals surface area contributed by atoms with Crippen molar-refractivity contribution < 1.29 is 33.6 Å². The summed E-state index contributed by atoms with van der Waals surface area (Å²) in [5.74, 6) is 0.867. The van der Waals surface area contributed by atoms with Crippen molar-refractivity contribution in [3.8, 4) is 34.1 Å². The number of ether oxygens (including phenoxy) is 4. The molecular formula is C37H40O7. The van der Waals surface area contributed by atoms with Gasteiger partial charge in [0.05, 0.1) is 31.5 Å². The molecule has 1 N–H and O–H groups in total. The lowest BCUT2D eigenvalue weighted by Gasteiger charge is -2.12. The van der Waals surface area contributed by atoms with Gasteiger partial charge in [-0.1, -0.05) is 81.0 Å². The van der Waals surface area contributed by atoms with Crippen LogP contribution in [0.5, 0.6) is 23.0 Å². The number of unbranched alkanes of at least 4 members (excludes halogenated alkanes) is 5. The number of hydrogen-bond donors (Lipinski definition) is 1. The van der Waals surface area contributed by atoms with Gasteiger partial charge in [-0.25, -0.2) is 9.59 Å². The average molecular weight is 597 g/mol. The van der Waals surface area contributed by atoms with Crippen LogP contribution >= 0.6 is 0 Å². The third-order valence-corrected chi connectivity index (χ3v) is 7.27. The highest BCUT2D eigenvalue weighted by atomic mass is 16.5. The Morgan fingerprint density at radius 2 is 1.30 bits per heavy atom. The Morgan fingerprint density at radius 1 is 0.682 bits per heavy atom. The maximum absolute atomic E-state index is 12.8. The molecule has 0 aliphatic rings. The SMILES string of the molecule is CCCCCCCCOc1ccc(C(=O)Oc2ccc(-c3ccc(OC(=O)c4ccc(C)cc4CO)cc3)cc2)cc1OC. The van der Waals surface area contributed by atoms with Crippen LogP contribution < -0.4 is 18.9 Å². The minimum atomic E-state index is -0.527. The van der Waals surface area contributed by atoms with Gasteiger partial charge in [-0.15, -0.1) is 0 Å². The van der Waals surface area contributed by atoms with Gasteiger partial charge < -0.3 is 24.1 Å². The standard InChI is InChI=1S/C37H40O7/c1-4-5-6-7-8-9-22-42-34-21-15-29(24-35(34)41-3)36(39)43-31-16-11-27(12-17-31)28-13-18-32(19-14-28)44-37(40)33-20-10-26(2)23-30(33)25-38/h10-21,23-24,38H,4-9,22,25H2,1-3H3. The molecule has 7 heteroatoms. The van der Waals surface area contributed by atoms with Crippen LogP contribution in [0.25, 0.3) is 11.1 Å². The number of carbonyl (C=O) groups excluding carboxylic acids is 2. The van der Waals surface area contributed by atoms with Crippen LogP contribution in [-0.4, -0.2) is 30.8 Å². The summed E-state index contributed by atoms with van der Waals surface area (Å²) in [6.45, 7) is 4.46. The van der Waals surface area contributed by atoms with Crippen LogP contribution in [0.1, 0.15) is 77.3 Å². The Hall–Kier alpha value is -4.62. The van der Waals surface area contributed by atoms with E-state index >= 15 is 0 Å². The van der Waals surface area contributed by atoms with Crippen LogP contribution in [0.4, 0.5) is 0 Å². The molecule has 44 heavy (non-hydrogen) atoms. The number of rotatable bonds is 15. The maximum atomic E-state index is 12.8. The van der Waals surface area contributed by atoms with Crippen LogP contribution in [-0.2, 0) is 6.61 Å². The monoisotopic (exact) mass is 596 g/mol. The van der Waals surface area contributed by atoms with Gasteiger partial charge in [0.15, 0.2) is 11.5 Å². The van der Waals surface area contributed by atoms with E-state index in [9.17, 15) is 14.7 Å². The van der Waals surface area contributed by atoms with E-state index in [1.54, 1.807) is 67.8 Å². The molecule has 4 aromatic rings. The normalized spacial score (nSPS) is 10.7. The van der Waals surface area contributed by atoms with E-state index in [-0.39, 0.29) is 6.61 Å². The van der Waals surface area contributed by atoms with E-state index in [1.165, 1.54) is 25.7 Å². The van der Waals surface area contributed by atoms with Gasteiger partial charge in [-0.3, -0.25) is 0 Å². The second kappa shape index (κ2) is 16.3. The van der Waals surface area contributed by atoms with Gasteiger partial charge in [0.2, 0.25) is 0 Å². The first-order chi connectivity index (χ1) is 21.4. The summed E-state index contributed by atoms with van der Waals surface area (Å²) in [4.78, 5) is 25.5. The summed E-state index contributed by atoms with van der Waals surface area (Å²) in [5.41, 5.74) is 3.97. The molecule has 0 fully saturated rings. The number of carbonyl (C=O) groups is 2. The number of esters is 2. The minimum Gasteiger partial charge on any atom is -0.493 e. The highest BCUT2D eigenvalue weighted by molar-refractivity contribution is 5.93. The number of aryl methyl sites for hydroxylation is 1. The Bertz CT molecular complexity index is 1520. The van der Waals surface area contributed by atoms with Crippen molar-refractivity contribution in [1.29, 1.82) is 0 Å². The smallest absolute Gasteiger partial charge is 0.343 e. The van der Waals surface area contributed by atoms with E-state index in [0.717, 1.165) is 29.5 Å². The Morgan fingerprint density at radius 3 is 1.91 bits per heavy atom. The molecule has 7 nitrogen and oxygen atoms in total. The summed E-state index contributed by atoms with van der Waals surface area (Å²) in [6.07, 6.45) is 7.08. The fourth-order valence-corrected chi connectivity index (χ4v) is 4.79. The second-order valence-electron chi connectivity index (χ2n) is 10.6. The highest BCUT2D eigenvalue weighted by Gasteiger charge is 2.15. The first-order valence-electron chi connectivity index (χ1n) is 15.1. The molecule has 0 aromatic heterocycles. The van der Waals surface area contributed by atoms with E-state index < -0.39 is 11.9 Å². The van der Waals surface area contributed by atoms with Crippen molar-refractivity contribution in [1.82, 2.24) is 0 Å². The van der Waals surface area contributed by atoms with Gasteiger partial charge in [0, 0.05) is 0 Å². The minimum absolute atomic E-state index is 0.245. The number of methoxy groups -OCH3 is 1. The van der Waals surface area contributed by atoms with Crippen LogP contribution in [0.2, 0.25) is 0 Å². The lowest BCUT2D eigenvalue weighted by atomic mass is 10.0. The summed E-state index contributed by atoms with van der Waals surface area (Å²) in [5, 5.41) is 9.59. The van der Waals surface area contributed by atoms with Crippen molar-refractivity contribution in [2.24, 2.45) is 0 Å². The van der Waals surface area contributed by atoms with E-state index in [2.05, 4.69) is 6.92 Å². The summed E-state index contributed by atoms with van der Waals surface area (Å²) >= 11 is 0. The lowest BCUT2D eigenvalue weighted by Crippen LogP contribution is -2.11. The molecule has 0 amide bonds. The molecule has 0 spiro atoms. The quantitative estimate of drug-likeness (QED) is 0.0838. The molecule has 0 unspecified atom stereocenters. The Kier molecular flexibility index (Phi) is 12.0. The van der Waals surface area contributed by atoms with E-state index in [4.69, 9.17) is 18.9 Å². The summed E-state index contributed by atoms with van der Waals surface area (Å²) < 4.78 is 22.5. The zero-order valence-corrected chi connectivity index (χ0v) is 25.6. The zero-order valence-electron chi connectivity index (χ0n) is 25.6. The molecule has 4 aromatic carbocycles. The summed E-state index contributed by atoms with van der Waals surface area (Å²) in [7, 11) is 1.55. The third kappa shape index (κ3) is 8.94. The van der Waals surface area contributed by atoms with Gasteiger partial charge in [0.25, 0.3) is 0 Å². The first kappa shape index (κ1) is 32.3. The average Bonchev–Trinajstić information content (AvgIpc) is 3.05. The summed E-state index contributed by atoms with van der Waals surface area (Å²) in [6, 6.07) is 24.5. The molecule has 0 aliphatic carbocycles. The lowest BCUT2D eigenvalue weighted by molar-refractivity contribution is 0.0723. The molecule has 0 bridgehead atoms. The van der Waals surface area contributed by atoms with Crippen molar-refractivity contribution in [2.45, 2.75) is 59.0 Å². The predicted octanol–water partition coefficient (Wildman–Crippen LogP) is 8.34. The van der Waals surface area contributed by atoms with Crippen molar-refractivity contribution >= 4 is 11.9 Å². The fraction of sp³-hybridized carbons (Fsp3) is 0.297. The van der Waals surface area contributed by atoms with Gasteiger partial charge in [-0.05, 0) is 78.6 Å². The van der Waals surface area contributed by atoms with Crippen molar-refractivity contribution in [3.05, 3.63) is 107 Å². The van der Waals surface area contributed by atoms with E-state index in [1.807, 2.05) is 31.2 Å². The van der Waals surface area contributed by atoms with Crippen LogP contribution in [0.15, 0.2) is 84.9 Å². The maximum Gasteiger partial charge on any atom is 0.343 e. The Labute approximate surface area is 259 Å². The van der Waals surface area contributed by atoms with Gasteiger partial charge >= 0.3 is 11.9 Å². The zero-order chi connectivity index (χ0) is 31.3. The number of aliphatic hydroxyl groups is 1. The van der Waals surface area contributed by atoms with Crippen molar-refractivity contribution in [3.63, 3.8) is 0 Å². The first-order valence-corrected chi connectivity index (χ1v) is 15.1. The highest BCUT2D eigenvalue weighted by Crippen LogP contribution is 2.30. The topological polar surface area (TPSA) is 91.3 Å². The van der Waals surface area contributed by atoms with Gasteiger partial charge in [-0.2, -0.15) is 0 Å². The fourth-order valence-electron chi connectivity index (χ4n) is 4.79. The molecule has 0 atom stereocenters. The number of benzene rings is 4. The molecule has 0 saturated heterocycles. The molecular weight excluding hydrogens is 556 g/mol. The Balaban J connectivity index is 1.31. The van der Waals surface area contributed by atoms with Crippen molar-refractivity contribution in [2.75, 3.05) is 13.7 Å². The van der Waals surface area contributed by atoms with Gasteiger partial charge in [0.1, 0.15) is 11.5 Å². The molecule has 0 radical (unpaired) electrons. The largest absolute Gasteiger partial charge is 0.493 e. The molecule has 4 rings (SSSR count). The molecule has 0 saturated carbocycles. The third-order valence-electron chi connectivity index (χ3n) is 7.27. The second-order valence-corrected chi connectivity index (χ2v) is 10.6. The van der Waals surface area contributed by atoms with Crippen LogP contribution in [0.3, 0.4) is 0 Å². The number of hydrogen-bond acceptors (Lipinski definition) is 7.